The van der Waals surface area contributed by atoms with E-state index in [1.54, 1.807) is 4.68 Å². The van der Waals surface area contributed by atoms with Gasteiger partial charge in [0.15, 0.2) is 11.6 Å². The van der Waals surface area contributed by atoms with Crippen LogP contribution in [0.3, 0.4) is 0 Å². The van der Waals surface area contributed by atoms with E-state index in [0.29, 0.717) is 10.8 Å². The first-order valence-corrected chi connectivity index (χ1v) is 12.6. The van der Waals surface area contributed by atoms with Crippen LogP contribution in [0.2, 0.25) is 5.02 Å². The summed E-state index contributed by atoms with van der Waals surface area (Å²) in [6.07, 6.45) is 2.51. The normalized spacial score (nSPS) is 14.6. The van der Waals surface area contributed by atoms with Crippen molar-refractivity contribution >= 4 is 23.5 Å². The monoisotopic (exact) mass is 525 g/mol. The lowest BCUT2D eigenvalue weighted by Gasteiger charge is -2.15. The van der Waals surface area contributed by atoms with Crippen LogP contribution >= 0.6 is 11.6 Å². The minimum atomic E-state index is -0.615. The van der Waals surface area contributed by atoms with Crippen molar-refractivity contribution in [1.82, 2.24) is 30.4 Å². The van der Waals surface area contributed by atoms with Crippen molar-refractivity contribution in [2.45, 2.75) is 31.3 Å². The molecule has 0 unspecified atom stereocenters. The number of aromatic nitrogens is 6. The molecule has 190 valence electrons. The maximum Gasteiger partial charge on any atom is 0.413 e. The van der Waals surface area contributed by atoms with Crippen LogP contribution in [0.25, 0.3) is 16.8 Å². The molecule has 0 radical (unpaired) electrons. The number of ether oxygens (including phenoxy) is 1. The molecule has 5 aromatic rings. The number of rotatable bonds is 7. The van der Waals surface area contributed by atoms with Crippen LogP contribution in [0.15, 0.2) is 85.1 Å². The Balaban J connectivity index is 1.17. The molecule has 6 rings (SSSR count). The number of halogens is 1. The minimum absolute atomic E-state index is 0.102. The number of tetrazole rings is 1. The molecule has 1 saturated carbocycles. The van der Waals surface area contributed by atoms with Crippen LogP contribution in [0.5, 0.6) is 0 Å². The van der Waals surface area contributed by atoms with Gasteiger partial charge in [-0.15, -0.1) is 5.10 Å². The summed E-state index contributed by atoms with van der Waals surface area (Å²) >= 11 is 6.35. The molecule has 38 heavy (non-hydrogen) atoms. The number of H-pyrrole nitrogens is 1. The number of hydrogen-bond acceptors (Lipinski definition) is 6. The van der Waals surface area contributed by atoms with E-state index < -0.39 is 12.2 Å². The highest BCUT2D eigenvalue weighted by molar-refractivity contribution is 6.33. The van der Waals surface area contributed by atoms with Gasteiger partial charge in [0, 0.05) is 0 Å². The highest BCUT2D eigenvalue weighted by Crippen LogP contribution is 2.52. The lowest BCUT2D eigenvalue weighted by atomic mass is 9.93. The summed E-state index contributed by atoms with van der Waals surface area (Å²) in [5, 5.41) is 21.9. The molecule has 1 amide bonds. The fraction of sp³-hybridized carbons (Fsp3) is 0.179. The van der Waals surface area contributed by atoms with Gasteiger partial charge in [0.05, 0.1) is 17.3 Å². The Kier molecular flexibility index (Phi) is 6.13. The van der Waals surface area contributed by atoms with Crippen LogP contribution in [0, 0.1) is 0 Å². The Bertz CT molecular complexity index is 1550. The summed E-state index contributed by atoms with van der Waals surface area (Å²) < 4.78 is 7.11. The summed E-state index contributed by atoms with van der Waals surface area (Å²) in [5.74, 6) is 1.15. The van der Waals surface area contributed by atoms with Gasteiger partial charge >= 0.3 is 6.09 Å². The number of benzene rings is 3. The molecule has 0 bridgehead atoms. The van der Waals surface area contributed by atoms with Gasteiger partial charge in [-0.05, 0) is 64.6 Å². The third-order valence-corrected chi connectivity index (χ3v) is 7.21. The number of carbonyl (C=O) groups excluding carboxylic acids is 1. The molecular weight excluding hydrogens is 502 g/mol. The zero-order valence-corrected chi connectivity index (χ0v) is 21.3. The van der Waals surface area contributed by atoms with Crippen LogP contribution in [-0.2, 0) is 10.2 Å². The molecule has 10 heteroatoms. The largest absolute Gasteiger partial charge is 0.441 e. The molecule has 1 aliphatic rings. The van der Waals surface area contributed by atoms with Crippen LogP contribution < -0.4 is 5.32 Å². The van der Waals surface area contributed by atoms with Gasteiger partial charge in [-0.2, -0.15) is 5.10 Å². The molecule has 2 N–H and O–H groups in total. The first-order valence-electron chi connectivity index (χ1n) is 12.3. The molecule has 1 fully saturated rings. The molecular formula is C28H24ClN7O2. The van der Waals surface area contributed by atoms with Gasteiger partial charge in [-0.25, -0.2) is 14.6 Å². The Morgan fingerprint density at radius 2 is 1.71 bits per heavy atom. The van der Waals surface area contributed by atoms with E-state index in [2.05, 4.69) is 55.3 Å². The van der Waals surface area contributed by atoms with E-state index in [0.717, 1.165) is 41.0 Å². The Morgan fingerprint density at radius 1 is 1.03 bits per heavy atom. The second-order valence-corrected chi connectivity index (χ2v) is 9.70. The van der Waals surface area contributed by atoms with Gasteiger partial charge < -0.3 is 4.74 Å². The molecule has 2 aromatic heterocycles. The lowest BCUT2D eigenvalue weighted by Crippen LogP contribution is -2.18. The number of nitrogens with one attached hydrogen (secondary N) is 2. The predicted molar refractivity (Wildman–Crippen MR) is 143 cm³/mol. The molecule has 2 heterocycles. The molecule has 0 saturated heterocycles. The van der Waals surface area contributed by atoms with Crippen molar-refractivity contribution in [1.29, 1.82) is 0 Å². The Hall–Kier alpha value is -4.50. The summed E-state index contributed by atoms with van der Waals surface area (Å²) in [4.78, 5) is 12.6. The summed E-state index contributed by atoms with van der Waals surface area (Å²) in [6.45, 7) is 1.81. The Labute approximate surface area is 223 Å². The van der Waals surface area contributed by atoms with Gasteiger partial charge in [-0.1, -0.05) is 78.3 Å². The smallest absolute Gasteiger partial charge is 0.413 e. The van der Waals surface area contributed by atoms with E-state index in [1.165, 1.54) is 11.8 Å². The Morgan fingerprint density at radius 3 is 2.34 bits per heavy atom. The summed E-state index contributed by atoms with van der Waals surface area (Å²) in [7, 11) is 0. The second-order valence-electron chi connectivity index (χ2n) is 9.29. The lowest BCUT2D eigenvalue weighted by molar-refractivity contribution is 0.121. The molecule has 1 aliphatic carbocycles. The molecule has 0 spiro atoms. The topological polar surface area (TPSA) is 111 Å². The minimum Gasteiger partial charge on any atom is -0.441 e. The van der Waals surface area contributed by atoms with E-state index in [-0.39, 0.29) is 5.41 Å². The fourth-order valence-electron chi connectivity index (χ4n) is 4.64. The number of aromatic amines is 1. The van der Waals surface area contributed by atoms with Crippen molar-refractivity contribution in [2.24, 2.45) is 0 Å². The quantitative estimate of drug-likeness (QED) is 0.266. The highest BCUT2D eigenvalue weighted by Gasteiger charge is 2.49. The van der Waals surface area contributed by atoms with Crippen molar-refractivity contribution < 1.29 is 9.53 Å². The number of anilines is 1. The first-order chi connectivity index (χ1) is 18.5. The summed E-state index contributed by atoms with van der Waals surface area (Å²) in [6, 6.07) is 25.9. The van der Waals surface area contributed by atoms with Gasteiger partial charge in [0.2, 0.25) is 0 Å². The van der Waals surface area contributed by atoms with Crippen molar-refractivity contribution in [3.05, 3.63) is 107 Å². The first kappa shape index (κ1) is 23.9. The molecule has 1 atom stereocenters. The third kappa shape index (κ3) is 4.52. The highest BCUT2D eigenvalue weighted by atomic mass is 35.5. The molecule has 9 nitrogen and oxygen atoms in total. The fourth-order valence-corrected chi connectivity index (χ4v) is 4.81. The van der Waals surface area contributed by atoms with Gasteiger partial charge in [0.1, 0.15) is 11.1 Å². The van der Waals surface area contributed by atoms with E-state index in [1.807, 2.05) is 61.5 Å². The average Bonchev–Trinajstić information content (AvgIpc) is 3.40. The van der Waals surface area contributed by atoms with Gasteiger partial charge in [-0.3, -0.25) is 5.32 Å². The van der Waals surface area contributed by atoms with Crippen molar-refractivity contribution in [3.63, 3.8) is 0 Å². The van der Waals surface area contributed by atoms with Gasteiger partial charge in [0.25, 0.3) is 0 Å². The number of nitrogens with zero attached hydrogens (tertiary/aromatic N) is 5. The van der Waals surface area contributed by atoms with E-state index in [4.69, 9.17) is 16.3 Å². The SMILES string of the molecule is C[C@@H](OC(=O)Nc1c(Cl)cnn1-c1ccc(-c2ccc(C3(c4nnn[nH]4)CC3)cc2)cc1)c1ccccc1. The van der Waals surface area contributed by atoms with Crippen LogP contribution in [0.1, 0.15) is 42.8 Å². The zero-order chi connectivity index (χ0) is 26.1. The van der Waals surface area contributed by atoms with Crippen molar-refractivity contribution in [3.8, 4) is 16.8 Å². The standard InChI is InChI=1S/C28H24ClN7O2/c1-18(19-5-3-2-4-6-19)38-27(37)31-25-24(29)17-30-36(25)23-13-9-21(10-14-23)20-7-11-22(12-8-20)28(15-16-28)26-32-34-35-33-26/h2-14,17-18H,15-16H2,1H3,(H,31,37)(H,32,33,34,35)/t18-/m1/s1. The molecule has 0 aliphatic heterocycles. The average molecular weight is 526 g/mol. The van der Waals surface area contributed by atoms with E-state index >= 15 is 0 Å². The number of hydrogen-bond donors (Lipinski definition) is 2. The maximum absolute atomic E-state index is 12.6. The summed E-state index contributed by atoms with van der Waals surface area (Å²) in [5.41, 5.74) is 4.88. The predicted octanol–water partition coefficient (Wildman–Crippen LogP) is 6.10. The van der Waals surface area contributed by atoms with Crippen molar-refractivity contribution in [2.75, 3.05) is 5.32 Å². The van der Waals surface area contributed by atoms with E-state index in [9.17, 15) is 4.79 Å². The number of amides is 1. The zero-order valence-electron chi connectivity index (χ0n) is 20.5. The third-order valence-electron chi connectivity index (χ3n) is 6.93. The van der Waals surface area contributed by atoms with Crippen LogP contribution in [0.4, 0.5) is 10.6 Å². The maximum atomic E-state index is 12.6. The second kappa shape index (κ2) is 9.75. The van der Waals surface area contributed by atoms with Crippen LogP contribution in [-0.4, -0.2) is 36.5 Å². The molecule has 3 aromatic carbocycles. The number of carbonyl (C=O) groups is 1.